The number of aromatic nitrogens is 1. The Morgan fingerprint density at radius 2 is 1.97 bits per heavy atom. The van der Waals surface area contributed by atoms with Crippen molar-refractivity contribution in [3.05, 3.63) is 28.8 Å². The quantitative estimate of drug-likeness (QED) is 0.776. The number of hydrogen-bond donors (Lipinski definition) is 1. The van der Waals surface area contributed by atoms with Gasteiger partial charge in [0.1, 0.15) is 10.4 Å². The van der Waals surface area contributed by atoms with Crippen LogP contribution in [0.1, 0.15) is 60.7 Å². The molecule has 2 amide bonds. The molecule has 0 radical (unpaired) electrons. The fraction of sp³-hybridized carbons (Fsp3) is 0.591. The van der Waals surface area contributed by atoms with Gasteiger partial charge in [-0.15, -0.1) is 11.3 Å². The first kappa shape index (κ1) is 21.7. The minimum atomic E-state index is -0.804. The SMILES string of the molecule is COC(C)(C)C(=O)NCC1CCC(c2c(C(=O)N(C)C)sc3ncccc23)CC1. The lowest BCUT2D eigenvalue weighted by molar-refractivity contribution is -0.139. The lowest BCUT2D eigenvalue weighted by Gasteiger charge is -2.30. The molecule has 1 aliphatic rings. The van der Waals surface area contributed by atoms with Crippen LogP contribution in [0.2, 0.25) is 0 Å². The van der Waals surface area contributed by atoms with Crippen LogP contribution in [0.3, 0.4) is 0 Å². The summed E-state index contributed by atoms with van der Waals surface area (Å²) in [6, 6.07) is 4.03. The van der Waals surface area contributed by atoms with E-state index in [1.807, 2.05) is 6.07 Å². The van der Waals surface area contributed by atoms with Crippen molar-refractivity contribution in [1.29, 1.82) is 0 Å². The molecule has 2 heterocycles. The molecule has 2 aromatic rings. The maximum Gasteiger partial charge on any atom is 0.263 e. The number of nitrogens with zero attached hydrogens (tertiary/aromatic N) is 2. The summed E-state index contributed by atoms with van der Waals surface area (Å²) in [5.41, 5.74) is 0.362. The highest BCUT2D eigenvalue weighted by atomic mass is 32.1. The van der Waals surface area contributed by atoms with E-state index in [4.69, 9.17) is 4.74 Å². The first-order valence-corrected chi connectivity index (χ1v) is 11.0. The van der Waals surface area contributed by atoms with Gasteiger partial charge in [0.15, 0.2) is 0 Å². The zero-order chi connectivity index (χ0) is 21.2. The van der Waals surface area contributed by atoms with Crippen LogP contribution in [0.4, 0.5) is 0 Å². The molecular weight excluding hydrogens is 386 g/mol. The van der Waals surface area contributed by atoms with E-state index in [-0.39, 0.29) is 11.8 Å². The number of hydrogen-bond acceptors (Lipinski definition) is 5. The molecule has 158 valence electrons. The fourth-order valence-electron chi connectivity index (χ4n) is 3.92. The predicted octanol–water partition coefficient (Wildman–Crippen LogP) is 3.81. The number of amides is 2. The zero-order valence-corrected chi connectivity index (χ0v) is 18.8. The van der Waals surface area contributed by atoms with Crippen molar-refractivity contribution < 1.29 is 14.3 Å². The topological polar surface area (TPSA) is 71.5 Å². The molecule has 1 saturated carbocycles. The minimum absolute atomic E-state index is 0.0548. The Bertz CT molecular complexity index is 883. The summed E-state index contributed by atoms with van der Waals surface area (Å²) in [6.45, 7) is 4.23. The third-order valence-electron chi connectivity index (χ3n) is 5.97. The Morgan fingerprint density at radius 1 is 1.28 bits per heavy atom. The second-order valence-corrected chi connectivity index (χ2v) is 9.54. The maximum atomic E-state index is 12.8. The van der Waals surface area contributed by atoms with E-state index in [1.165, 1.54) is 16.9 Å². The van der Waals surface area contributed by atoms with Gasteiger partial charge in [-0.25, -0.2) is 4.98 Å². The van der Waals surface area contributed by atoms with E-state index in [0.29, 0.717) is 18.4 Å². The molecule has 3 rings (SSSR count). The average Bonchev–Trinajstić information content (AvgIpc) is 3.11. The monoisotopic (exact) mass is 417 g/mol. The summed E-state index contributed by atoms with van der Waals surface area (Å²) in [4.78, 5) is 32.9. The van der Waals surface area contributed by atoms with E-state index < -0.39 is 5.60 Å². The number of thiophene rings is 1. The molecule has 1 fully saturated rings. The highest BCUT2D eigenvalue weighted by Crippen LogP contribution is 2.43. The van der Waals surface area contributed by atoms with Crippen LogP contribution < -0.4 is 5.32 Å². The van der Waals surface area contributed by atoms with Gasteiger partial charge in [-0.05, 0) is 63.0 Å². The Balaban J connectivity index is 1.71. The van der Waals surface area contributed by atoms with Crippen LogP contribution in [0, 0.1) is 5.92 Å². The molecule has 1 N–H and O–H groups in total. The van der Waals surface area contributed by atoms with Crippen molar-refractivity contribution in [3.63, 3.8) is 0 Å². The third-order valence-corrected chi connectivity index (χ3v) is 7.09. The summed E-state index contributed by atoms with van der Waals surface area (Å²) in [5.74, 6) is 0.795. The smallest absolute Gasteiger partial charge is 0.263 e. The van der Waals surface area contributed by atoms with Crippen LogP contribution in [0.15, 0.2) is 18.3 Å². The summed E-state index contributed by atoms with van der Waals surface area (Å²) >= 11 is 1.50. The second-order valence-electron chi connectivity index (χ2n) is 8.54. The largest absolute Gasteiger partial charge is 0.369 e. The van der Waals surface area contributed by atoms with Crippen molar-refractivity contribution >= 4 is 33.4 Å². The van der Waals surface area contributed by atoms with Crippen LogP contribution in [-0.2, 0) is 9.53 Å². The lowest BCUT2D eigenvalue weighted by Crippen LogP contribution is -2.45. The number of carbonyl (C=O) groups is 2. The molecular formula is C22H31N3O3S. The van der Waals surface area contributed by atoms with Crippen molar-refractivity contribution in [2.24, 2.45) is 5.92 Å². The summed E-state index contributed by atoms with van der Waals surface area (Å²) in [6.07, 6.45) is 5.88. The normalized spacial score (nSPS) is 19.9. The van der Waals surface area contributed by atoms with E-state index in [2.05, 4.69) is 16.4 Å². The molecule has 29 heavy (non-hydrogen) atoms. The molecule has 7 heteroatoms. The van der Waals surface area contributed by atoms with Crippen LogP contribution in [0.5, 0.6) is 0 Å². The van der Waals surface area contributed by atoms with Crippen LogP contribution >= 0.6 is 11.3 Å². The number of rotatable bonds is 6. The van der Waals surface area contributed by atoms with Crippen LogP contribution in [-0.4, -0.2) is 55.0 Å². The third kappa shape index (κ3) is 4.61. The number of pyridine rings is 1. The molecule has 0 spiro atoms. The van der Waals surface area contributed by atoms with E-state index in [0.717, 1.165) is 40.8 Å². The molecule has 0 atom stereocenters. The van der Waals surface area contributed by atoms with E-state index >= 15 is 0 Å². The van der Waals surface area contributed by atoms with Gasteiger partial charge in [0.2, 0.25) is 0 Å². The van der Waals surface area contributed by atoms with Gasteiger partial charge >= 0.3 is 0 Å². The first-order valence-electron chi connectivity index (χ1n) is 10.2. The predicted molar refractivity (Wildman–Crippen MR) is 116 cm³/mol. The summed E-state index contributed by atoms with van der Waals surface area (Å²) in [7, 11) is 5.15. The van der Waals surface area contributed by atoms with Crippen LogP contribution in [0.25, 0.3) is 10.2 Å². The zero-order valence-electron chi connectivity index (χ0n) is 17.9. The number of ether oxygens (including phenoxy) is 1. The molecule has 2 aromatic heterocycles. The Morgan fingerprint density at radius 3 is 2.59 bits per heavy atom. The Hall–Kier alpha value is -1.99. The average molecular weight is 418 g/mol. The molecule has 0 unspecified atom stereocenters. The number of nitrogens with one attached hydrogen (secondary N) is 1. The molecule has 0 aliphatic heterocycles. The number of fused-ring (bicyclic) bond motifs is 1. The fourth-order valence-corrected chi connectivity index (χ4v) is 5.17. The molecule has 6 nitrogen and oxygen atoms in total. The summed E-state index contributed by atoms with van der Waals surface area (Å²) < 4.78 is 5.25. The minimum Gasteiger partial charge on any atom is -0.369 e. The van der Waals surface area contributed by atoms with Gasteiger partial charge in [-0.2, -0.15) is 0 Å². The maximum absolute atomic E-state index is 12.8. The highest BCUT2D eigenvalue weighted by molar-refractivity contribution is 7.20. The highest BCUT2D eigenvalue weighted by Gasteiger charge is 2.31. The standard InChI is InChI=1S/C22H31N3O3S/c1-22(2,28-5)21(27)24-13-14-8-10-15(11-9-14)17-16-7-6-12-23-19(16)29-18(17)20(26)25(3)4/h6-7,12,14-15H,8-11,13H2,1-5H3,(H,24,27). The first-order chi connectivity index (χ1) is 13.7. The number of carbonyl (C=O) groups excluding carboxylic acids is 2. The Kier molecular flexibility index (Phi) is 6.58. The van der Waals surface area contributed by atoms with Gasteiger partial charge in [0.05, 0.1) is 4.88 Å². The molecule has 0 saturated heterocycles. The van der Waals surface area contributed by atoms with Gasteiger partial charge in [-0.3, -0.25) is 9.59 Å². The van der Waals surface area contributed by atoms with Crippen molar-refractivity contribution in [1.82, 2.24) is 15.2 Å². The molecule has 0 bridgehead atoms. The van der Waals surface area contributed by atoms with Crippen molar-refractivity contribution in [3.8, 4) is 0 Å². The van der Waals surface area contributed by atoms with Crippen molar-refractivity contribution in [2.75, 3.05) is 27.7 Å². The van der Waals surface area contributed by atoms with E-state index in [9.17, 15) is 9.59 Å². The second kappa shape index (κ2) is 8.79. The van der Waals surface area contributed by atoms with Gasteiger partial charge in [0, 0.05) is 39.3 Å². The number of methoxy groups -OCH3 is 1. The molecule has 0 aromatic carbocycles. The van der Waals surface area contributed by atoms with Gasteiger partial charge in [-0.1, -0.05) is 6.07 Å². The van der Waals surface area contributed by atoms with Gasteiger partial charge in [0.25, 0.3) is 11.8 Å². The lowest BCUT2D eigenvalue weighted by atomic mass is 9.78. The van der Waals surface area contributed by atoms with Gasteiger partial charge < -0.3 is 15.0 Å². The Labute approximate surface area is 176 Å². The van der Waals surface area contributed by atoms with Crippen molar-refractivity contribution in [2.45, 2.75) is 51.0 Å². The summed E-state index contributed by atoms with van der Waals surface area (Å²) in [5, 5.41) is 4.15. The molecule has 1 aliphatic carbocycles. The van der Waals surface area contributed by atoms with E-state index in [1.54, 1.807) is 46.1 Å².